The molecule has 0 aliphatic carbocycles. The third-order valence-electron chi connectivity index (χ3n) is 2.11. The first-order chi connectivity index (χ1) is 8.31. The summed E-state index contributed by atoms with van der Waals surface area (Å²) >= 11 is 3.21. The summed E-state index contributed by atoms with van der Waals surface area (Å²) < 4.78 is 41.6. The molecule has 0 aliphatic heterocycles. The van der Waals surface area contributed by atoms with Crippen molar-refractivity contribution in [3.63, 3.8) is 0 Å². The number of benzene rings is 1. The molecule has 100 valence electrons. The SMILES string of the molecule is N=C(N)c1c(Br)cccc1OCCCC(F)(F)F. The molecule has 0 bridgehead atoms. The third kappa shape index (κ3) is 4.56. The van der Waals surface area contributed by atoms with Crippen LogP contribution in [0.3, 0.4) is 0 Å². The minimum atomic E-state index is -4.18. The predicted octanol–water partition coefficient (Wildman–Crippen LogP) is 3.45. The molecule has 0 saturated heterocycles. The van der Waals surface area contributed by atoms with Gasteiger partial charge in [0.25, 0.3) is 0 Å². The monoisotopic (exact) mass is 324 g/mol. The first-order valence-corrected chi connectivity index (χ1v) is 5.93. The van der Waals surface area contributed by atoms with Crippen molar-refractivity contribution in [2.75, 3.05) is 6.61 Å². The van der Waals surface area contributed by atoms with Crippen LogP contribution in [0, 0.1) is 5.41 Å². The molecule has 0 aromatic heterocycles. The van der Waals surface area contributed by atoms with Crippen LogP contribution < -0.4 is 10.5 Å². The fraction of sp³-hybridized carbons (Fsp3) is 0.364. The summed E-state index contributed by atoms with van der Waals surface area (Å²) in [6, 6.07) is 4.91. The lowest BCUT2D eigenvalue weighted by Gasteiger charge is -2.12. The van der Waals surface area contributed by atoms with E-state index in [0.717, 1.165) is 0 Å². The van der Waals surface area contributed by atoms with Gasteiger partial charge in [0.15, 0.2) is 0 Å². The van der Waals surface area contributed by atoms with E-state index in [1.807, 2.05) is 0 Å². The highest BCUT2D eigenvalue weighted by molar-refractivity contribution is 9.10. The van der Waals surface area contributed by atoms with Gasteiger partial charge in [0.1, 0.15) is 11.6 Å². The molecule has 0 radical (unpaired) electrons. The first-order valence-electron chi connectivity index (χ1n) is 5.13. The fourth-order valence-electron chi connectivity index (χ4n) is 1.34. The zero-order chi connectivity index (χ0) is 13.8. The molecule has 0 atom stereocenters. The number of amidine groups is 1. The zero-order valence-electron chi connectivity index (χ0n) is 9.35. The van der Waals surface area contributed by atoms with Gasteiger partial charge in [-0.15, -0.1) is 0 Å². The topological polar surface area (TPSA) is 59.1 Å². The van der Waals surface area contributed by atoms with Gasteiger partial charge in [0.2, 0.25) is 0 Å². The van der Waals surface area contributed by atoms with Crippen molar-refractivity contribution in [2.45, 2.75) is 19.0 Å². The molecule has 0 aliphatic rings. The van der Waals surface area contributed by atoms with Crippen molar-refractivity contribution in [2.24, 2.45) is 5.73 Å². The van der Waals surface area contributed by atoms with Gasteiger partial charge in [-0.1, -0.05) is 6.07 Å². The minimum Gasteiger partial charge on any atom is -0.493 e. The maximum absolute atomic E-state index is 11.9. The average molecular weight is 325 g/mol. The molecule has 18 heavy (non-hydrogen) atoms. The standard InChI is InChI=1S/C11H12BrF3N2O/c12-7-3-1-4-8(9(7)10(16)17)18-6-2-5-11(13,14)15/h1,3-4H,2,5-6H2,(H3,16,17). The number of hydrogen-bond acceptors (Lipinski definition) is 2. The number of rotatable bonds is 5. The number of ether oxygens (including phenoxy) is 1. The number of nitrogens with one attached hydrogen (secondary N) is 1. The number of nitrogen functional groups attached to an aromatic ring is 1. The quantitative estimate of drug-likeness (QED) is 0.495. The zero-order valence-corrected chi connectivity index (χ0v) is 10.9. The molecular weight excluding hydrogens is 313 g/mol. The summed E-state index contributed by atoms with van der Waals surface area (Å²) in [5, 5.41) is 7.38. The summed E-state index contributed by atoms with van der Waals surface area (Å²) in [5.41, 5.74) is 5.73. The lowest BCUT2D eigenvalue weighted by atomic mass is 10.2. The van der Waals surface area contributed by atoms with Crippen molar-refractivity contribution < 1.29 is 17.9 Å². The molecule has 0 heterocycles. The molecule has 3 nitrogen and oxygen atoms in total. The van der Waals surface area contributed by atoms with Crippen LogP contribution in [0.25, 0.3) is 0 Å². The van der Waals surface area contributed by atoms with Crippen LogP contribution >= 0.6 is 15.9 Å². The molecule has 1 aromatic carbocycles. The maximum atomic E-state index is 11.9. The number of alkyl halides is 3. The minimum absolute atomic E-state index is 0.0732. The Hall–Kier alpha value is -1.24. The summed E-state index contributed by atoms with van der Waals surface area (Å²) in [7, 11) is 0. The Morgan fingerprint density at radius 1 is 1.39 bits per heavy atom. The summed E-state index contributed by atoms with van der Waals surface area (Å²) in [4.78, 5) is 0. The lowest BCUT2D eigenvalue weighted by Crippen LogP contribution is -2.15. The van der Waals surface area contributed by atoms with E-state index < -0.39 is 12.6 Å². The van der Waals surface area contributed by atoms with Gasteiger partial charge in [0.05, 0.1) is 12.2 Å². The van der Waals surface area contributed by atoms with Gasteiger partial charge in [-0.3, -0.25) is 5.41 Å². The lowest BCUT2D eigenvalue weighted by molar-refractivity contribution is -0.136. The molecule has 0 fully saturated rings. The van der Waals surface area contributed by atoms with E-state index in [9.17, 15) is 13.2 Å². The Morgan fingerprint density at radius 3 is 2.61 bits per heavy atom. The van der Waals surface area contributed by atoms with Crippen LogP contribution in [0.5, 0.6) is 5.75 Å². The van der Waals surface area contributed by atoms with Crippen molar-refractivity contribution >= 4 is 21.8 Å². The molecular formula is C11H12BrF3N2O. The highest BCUT2D eigenvalue weighted by atomic mass is 79.9. The van der Waals surface area contributed by atoms with Crippen LogP contribution in [0.2, 0.25) is 0 Å². The Bertz CT molecular complexity index is 435. The Kier molecular flexibility index (Phi) is 5.01. The summed E-state index contributed by atoms with van der Waals surface area (Å²) in [6.45, 7) is -0.0732. The van der Waals surface area contributed by atoms with Crippen LogP contribution in [-0.2, 0) is 0 Å². The number of hydrogen-bond donors (Lipinski definition) is 2. The molecule has 0 unspecified atom stereocenters. The van der Waals surface area contributed by atoms with Gasteiger partial charge in [-0.05, 0) is 34.5 Å². The van der Waals surface area contributed by atoms with Crippen molar-refractivity contribution in [1.82, 2.24) is 0 Å². The molecule has 0 saturated carbocycles. The van der Waals surface area contributed by atoms with Crippen LogP contribution in [0.15, 0.2) is 22.7 Å². The van der Waals surface area contributed by atoms with E-state index in [0.29, 0.717) is 15.8 Å². The van der Waals surface area contributed by atoms with Crippen molar-refractivity contribution in [3.05, 3.63) is 28.2 Å². The van der Waals surface area contributed by atoms with Crippen molar-refractivity contribution in [1.29, 1.82) is 5.41 Å². The molecule has 1 rings (SSSR count). The molecule has 7 heteroatoms. The predicted molar refractivity (Wildman–Crippen MR) is 65.9 cm³/mol. The van der Waals surface area contributed by atoms with E-state index in [-0.39, 0.29) is 18.9 Å². The van der Waals surface area contributed by atoms with E-state index in [1.165, 1.54) is 0 Å². The highest BCUT2D eigenvalue weighted by Crippen LogP contribution is 2.27. The van der Waals surface area contributed by atoms with Gasteiger partial charge in [-0.25, -0.2) is 0 Å². The molecule has 0 amide bonds. The first kappa shape index (κ1) is 14.8. The van der Waals surface area contributed by atoms with Gasteiger partial charge in [0, 0.05) is 10.9 Å². The van der Waals surface area contributed by atoms with Crippen LogP contribution in [-0.4, -0.2) is 18.6 Å². The molecule has 3 N–H and O–H groups in total. The third-order valence-corrected chi connectivity index (χ3v) is 2.77. The summed E-state index contributed by atoms with van der Waals surface area (Å²) in [6.07, 6.45) is -5.20. The number of halogens is 4. The largest absolute Gasteiger partial charge is 0.493 e. The maximum Gasteiger partial charge on any atom is 0.389 e. The smallest absolute Gasteiger partial charge is 0.389 e. The van der Waals surface area contributed by atoms with E-state index in [4.69, 9.17) is 15.9 Å². The second-order valence-electron chi connectivity index (χ2n) is 3.59. The van der Waals surface area contributed by atoms with Crippen LogP contribution in [0.4, 0.5) is 13.2 Å². The normalized spacial score (nSPS) is 11.3. The van der Waals surface area contributed by atoms with Crippen molar-refractivity contribution in [3.8, 4) is 5.75 Å². The summed E-state index contributed by atoms with van der Waals surface area (Å²) in [5.74, 6) is 0.104. The van der Waals surface area contributed by atoms with Gasteiger partial charge < -0.3 is 10.5 Å². The second-order valence-corrected chi connectivity index (χ2v) is 4.45. The van der Waals surface area contributed by atoms with Crippen LogP contribution in [0.1, 0.15) is 18.4 Å². The molecule has 1 aromatic rings. The van der Waals surface area contributed by atoms with E-state index >= 15 is 0 Å². The van der Waals surface area contributed by atoms with E-state index in [2.05, 4.69) is 15.9 Å². The molecule has 0 spiro atoms. The fourth-order valence-corrected chi connectivity index (χ4v) is 1.90. The Balaban J connectivity index is 2.63. The average Bonchev–Trinajstić information content (AvgIpc) is 2.22. The van der Waals surface area contributed by atoms with Gasteiger partial charge >= 0.3 is 6.18 Å². The van der Waals surface area contributed by atoms with E-state index in [1.54, 1.807) is 18.2 Å². The second kappa shape index (κ2) is 6.08. The highest BCUT2D eigenvalue weighted by Gasteiger charge is 2.26. The Morgan fingerprint density at radius 2 is 2.06 bits per heavy atom. The number of nitrogens with two attached hydrogens (primary N) is 1. The van der Waals surface area contributed by atoms with Gasteiger partial charge in [-0.2, -0.15) is 13.2 Å². The Labute approximate surface area is 111 Å².